The monoisotopic (exact) mass is 552 g/mol. The smallest absolute Gasteiger partial charge is 0.105 e. The molecule has 0 saturated heterocycles. The molecule has 222 valence electrons. The molecule has 0 bridgehead atoms. The Labute approximate surface area is 253 Å². The zero-order chi connectivity index (χ0) is 28.7. The summed E-state index contributed by atoms with van der Waals surface area (Å²) in [6.07, 6.45) is 25.3. The molecule has 0 radical (unpaired) electrons. The number of benzene rings is 3. The van der Waals surface area contributed by atoms with Gasteiger partial charge in [0.05, 0.1) is 6.54 Å². The Hall–Kier alpha value is -2.64. The van der Waals surface area contributed by atoms with Crippen molar-refractivity contribution < 1.29 is 4.48 Å². The lowest BCUT2D eigenvalue weighted by Crippen LogP contribution is -2.46. The molecule has 0 amide bonds. The van der Waals surface area contributed by atoms with E-state index in [1.165, 1.54) is 120 Å². The number of unbranched alkanes of at least 4 members (excludes halogenated alkanes) is 13. The molecule has 0 heterocycles. The van der Waals surface area contributed by atoms with Crippen LogP contribution in [0, 0.1) is 0 Å². The quantitative estimate of drug-likeness (QED) is 0.0623. The lowest BCUT2D eigenvalue weighted by molar-refractivity contribution is -0.966. The molecule has 3 rings (SSSR count). The molecule has 0 unspecified atom stereocenters. The highest BCUT2D eigenvalue weighted by molar-refractivity contribution is 5.17. The van der Waals surface area contributed by atoms with E-state index < -0.39 is 0 Å². The van der Waals surface area contributed by atoms with E-state index in [4.69, 9.17) is 0 Å². The first-order valence-electron chi connectivity index (χ1n) is 16.9. The van der Waals surface area contributed by atoms with E-state index in [0.29, 0.717) is 0 Å². The summed E-state index contributed by atoms with van der Waals surface area (Å²) < 4.78 is 1.09. The number of hydrogen-bond donors (Lipinski definition) is 0. The third kappa shape index (κ3) is 14.7. The van der Waals surface area contributed by atoms with Crippen LogP contribution in [0.15, 0.2) is 103 Å². The highest BCUT2D eigenvalue weighted by Gasteiger charge is 2.28. The van der Waals surface area contributed by atoms with E-state index in [1.54, 1.807) is 0 Å². The molecule has 0 aliphatic heterocycles. The van der Waals surface area contributed by atoms with Crippen molar-refractivity contribution in [3.05, 3.63) is 120 Å². The fourth-order valence-corrected chi connectivity index (χ4v) is 6.18. The van der Waals surface area contributed by atoms with E-state index >= 15 is 0 Å². The van der Waals surface area contributed by atoms with Crippen molar-refractivity contribution >= 4 is 0 Å². The molecule has 41 heavy (non-hydrogen) atoms. The first-order valence-corrected chi connectivity index (χ1v) is 16.9. The number of allylic oxidation sites excluding steroid dienone is 2. The van der Waals surface area contributed by atoms with Crippen LogP contribution < -0.4 is 0 Å². The Bertz CT molecular complexity index is 923. The van der Waals surface area contributed by atoms with Gasteiger partial charge in [0.1, 0.15) is 19.6 Å². The molecule has 0 saturated carbocycles. The van der Waals surface area contributed by atoms with Gasteiger partial charge >= 0.3 is 0 Å². The minimum Gasteiger partial charge on any atom is -0.312 e. The van der Waals surface area contributed by atoms with Crippen molar-refractivity contribution in [1.29, 1.82) is 0 Å². The van der Waals surface area contributed by atoms with Crippen molar-refractivity contribution in [2.75, 3.05) is 6.54 Å². The molecule has 1 heteroatoms. The summed E-state index contributed by atoms with van der Waals surface area (Å²) in [6, 6.07) is 33.5. The maximum Gasteiger partial charge on any atom is 0.105 e. The molecular formula is C40H58N+. The Balaban J connectivity index is 1.40. The minimum atomic E-state index is 1.08. The van der Waals surface area contributed by atoms with Gasteiger partial charge < -0.3 is 4.48 Å². The van der Waals surface area contributed by atoms with Crippen LogP contribution in [-0.4, -0.2) is 11.0 Å². The molecule has 0 N–H and O–H groups in total. The van der Waals surface area contributed by atoms with E-state index in [9.17, 15) is 0 Å². The van der Waals surface area contributed by atoms with E-state index in [2.05, 4.69) is 110 Å². The van der Waals surface area contributed by atoms with Crippen molar-refractivity contribution in [2.24, 2.45) is 0 Å². The second-order valence-corrected chi connectivity index (χ2v) is 12.3. The first kappa shape index (κ1) is 32.9. The maximum absolute atomic E-state index is 2.41. The van der Waals surface area contributed by atoms with Crippen molar-refractivity contribution in [3.8, 4) is 0 Å². The van der Waals surface area contributed by atoms with Crippen LogP contribution >= 0.6 is 0 Å². The zero-order valence-corrected chi connectivity index (χ0v) is 26.2. The van der Waals surface area contributed by atoms with Gasteiger partial charge in [-0.15, -0.1) is 0 Å². The summed E-state index contributed by atoms with van der Waals surface area (Å²) in [5.41, 5.74) is 4.34. The molecule has 3 aromatic rings. The third-order valence-corrected chi connectivity index (χ3v) is 8.48. The molecule has 0 fully saturated rings. The molecule has 0 aliphatic rings. The van der Waals surface area contributed by atoms with Gasteiger partial charge in [-0.2, -0.15) is 0 Å². The van der Waals surface area contributed by atoms with Crippen LogP contribution in [0.2, 0.25) is 0 Å². The predicted molar refractivity (Wildman–Crippen MR) is 180 cm³/mol. The van der Waals surface area contributed by atoms with Gasteiger partial charge in [-0.25, -0.2) is 0 Å². The summed E-state index contributed by atoms with van der Waals surface area (Å²) in [6.45, 7) is 6.75. The highest BCUT2D eigenvalue weighted by atomic mass is 15.3. The van der Waals surface area contributed by atoms with Crippen LogP contribution in [0.5, 0.6) is 0 Å². The van der Waals surface area contributed by atoms with Crippen LogP contribution in [-0.2, 0) is 19.6 Å². The number of hydrogen-bond acceptors (Lipinski definition) is 0. The summed E-state index contributed by atoms with van der Waals surface area (Å²) in [5.74, 6) is 0. The van der Waals surface area contributed by atoms with Crippen LogP contribution in [0.4, 0.5) is 0 Å². The second kappa shape index (κ2) is 21.1. The van der Waals surface area contributed by atoms with Crippen molar-refractivity contribution in [3.63, 3.8) is 0 Å². The lowest BCUT2D eigenvalue weighted by Gasteiger charge is -2.39. The maximum atomic E-state index is 2.41. The first-order chi connectivity index (χ1) is 20.3. The number of rotatable bonds is 23. The summed E-state index contributed by atoms with van der Waals surface area (Å²) in [7, 11) is 0. The van der Waals surface area contributed by atoms with E-state index in [1.807, 2.05) is 0 Å². The van der Waals surface area contributed by atoms with Gasteiger partial charge in [-0.3, -0.25) is 0 Å². The molecule has 0 aromatic heterocycles. The zero-order valence-electron chi connectivity index (χ0n) is 26.2. The molecule has 0 aliphatic carbocycles. The van der Waals surface area contributed by atoms with Crippen LogP contribution in [0.25, 0.3) is 0 Å². The second-order valence-electron chi connectivity index (χ2n) is 12.3. The van der Waals surface area contributed by atoms with Gasteiger partial charge in [0.2, 0.25) is 0 Å². The summed E-state index contributed by atoms with van der Waals surface area (Å²) in [5, 5.41) is 0. The molecule has 3 aromatic carbocycles. The average Bonchev–Trinajstić information content (AvgIpc) is 3.00. The minimum absolute atomic E-state index is 1.08. The van der Waals surface area contributed by atoms with E-state index in [0.717, 1.165) is 24.1 Å². The van der Waals surface area contributed by atoms with Gasteiger partial charge in [0.15, 0.2) is 0 Å². The SMILES string of the molecule is CCCC/C=C/CCCCCCCCCCCCC[N+](Cc1ccccc1)(Cc1ccccc1)Cc1ccccc1. The average molecular weight is 553 g/mol. The van der Waals surface area contributed by atoms with E-state index in [-0.39, 0.29) is 0 Å². The van der Waals surface area contributed by atoms with Gasteiger partial charge in [-0.1, -0.05) is 174 Å². The third-order valence-electron chi connectivity index (χ3n) is 8.48. The molecular weight excluding hydrogens is 494 g/mol. The van der Waals surface area contributed by atoms with Crippen molar-refractivity contribution in [1.82, 2.24) is 0 Å². The lowest BCUT2D eigenvalue weighted by atomic mass is 10.0. The normalized spacial score (nSPS) is 11.8. The Morgan fingerprint density at radius 1 is 0.415 bits per heavy atom. The van der Waals surface area contributed by atoms with Crippen LogP contribution in [0.1, 0.15) is 120 Å². The Morgan fingerprint density at radius 3 is 1.15 bits per heavy atom. The molecule has 1 nitrogen and oxygen atoms in total. The van der Waals surface area contributed by atoms with Gasteiger partial charge in [0, 0.05) is 16.7 Å². The highest BCUT2D eigenvalue weighted by Crippen LogP contribution is 2.26. The Morgan fingerprint density at radius 2 is 0.756 bits per heavy atom. The number of quaternary nitrogens is 1. The molecule has 0 spiro atoms. The number of nitrogens with zero attached hydrogens (tertiary/aromatic N) is 1. The van der Waals surface area contributed by atoms with Gasteiger partial charge in [-0.05, 0) is 32.1 Å². The Kier molecular flexibility index (Phi) is 16.9. The van der Waals surface area contributed by atoms with Gasteiger partial charge in [0.25, 0.3) is 0 Å². The summed E-state index contributed by atoms with van der Waals surface area (Å²) >= 11 is 0. The standard InChI is InChI=1S/C40H58N/c1-2-3-4-5-6-7-8-9-10-11-12-13-14-15-16-17-27-34-41(35-38-28-21-18-22-29-38,36-39-30-23-19-24-31-39)37-40-32-25-20-26-33-40/h5-6,18-26,28-33H,2-4,7-17,27,34-37H2,1H3/q+1/b6-5+. The summed E-state index contributed by atoms with van der Waals surface area (Å²) in [4.78, 5) is 0. The van der Waals surface area contributed by atoms with Crippen LogP contribution in [0.3, 0.4) is 0 Å². The topological polar surface area (TPSA) is 0 Å². The fraction of sp³-hybridized carbons (Fsp3) is 0.500. The predicted octanol–water partition coefficient (Wildman–Crippen LogP) is 11.8. The largest absolute Gasteiger partial charge is 0.312 e. The molecule has 0 atom stereocenters. The fourth-order valence-electron chi connectivity index (χ4n) is 6.18. The van der Waals surface area contributed by atoms with Crippen molar-refractivity contribution in [2.45, 2.75) is 123 Å².